The van der Waals surface area contributed by atoms with Crippen LogP contribution in [0.4, 0.5) is 5.69 Å². The third-order valence-corrected chi connectivity index (χ3v) is 7.34. The molecule has 9 heteroatoms. The maximum absolute atomic E-state index is 12.7. The third kappa shape index (κ3) is 5.12. The Bertz CT molecular complexity index is 1040. The van der Waals surface area contributed by atoms with E-state index in [0.29, 0.717) is 13.1 Å². The van der Waals surface area contributed by atoms with Crippen molar-refractivity contribution in [2.45, 2.75) is 17.7 Å². The van der Waals surface area contributed by atoms with Gasteiger partial charge in [0.1, 0.15) is 0 Å². The maximum atomic E-state index is 12.7. The Hall–Kier alpha value is -2.75. The van der Waals surface area contributed by atoms with Gasteiger partial charge in [0.2, 0.25) is 10.0 Å². The summed E-state index contributed by atoms with van der Waals surface area (Å²) in [4.78, 5) is 14.8. The van der Waals surface area contributed by atoms with Gasteiger partial charge in [0, 0.05) is 37.4 Å². The number of benzene rings is 2. The highest BCUT2D eigenvalue weighted by atomic mass is 32.2. The molecule has 2 aliphatic heterocycles. The summed E-state index contributed by atoms with van der Waals surface area (Å²) in [5, 5.41) is 4.01. The molecule has 2 saturated heterocycles. The van der Waals surface area contributed by atoms with Gasteiger partial charge in [0.25, 0.3) is 5.91 Å². The first-order chi connectivity index (χ1) is 15.0. The van der Waals surface area contributed by atoms with E-state index in [4.69, 9.17) is 4.74 Å². The molecule has 2 aliphatic rings. The molecule has 2 aromatic carbocycles. The van der Waals surface area contributed by atoms with Crippen LogP contribution in [-0.4, -0.2) is 64.2 Å². The van der Waals surface area contributed by atoms with Gasteiger partial charge >= 0.3 is 0 Å². The minimum absolute atomic E-state index is 0.129. The number of carbonyl (C=O) groups is 1. The molecule has 0 spiro atoms. The first kappa shape index (κ1) is 21.5. The zero-order valence-electron chi connectivity index (χ0n) is 17.2. The summed E-state index contributed by atoms with van der Waals surface area (Å²) in [5.74, 6) is -0.459. The van der Waals surface area contributed by atoms with Crippen molar-refractivity contribution in [2.75, 3.05) is 44.3 Å². The van der Waals surface area contributed by atoms with Crippen molar-refractivity contribution in [1.29, 1.82) is 0 Å². The smallest absolute Gasteiger partial charge is 0.271 e. The minimum atomic E-state index is -3.57. The van der Waals surface area contributed by atoms with E-state index in [1.807, 2.05) is 24.3 Å². The summed E-state index contributed by atoms with van der Waals surface area (Å²) < 4.78 is 32.2. The molecule has 4 rings (SSSR count). The van der Waals surface area contributed by atoms with Crippen LogP contribution in [0.2, 0.25) is 0 Å². The first-order valence-corrected chi connectivity index (χ1v) is 11.8. The number of morpholine rings is 1. The number of sulfonamides is 1. The molecule has 1 amide bonds. The van der Waals surface area contributed by atoms with Crippen LogP contribution in [0.15, 0.2) is 58.5 Å². The Kier molecular flexibility index (Phi) is 6.64. The molecule has 164 valence electrons. The van der Waals surface area contributed by atoms with E-state index < -0.39 is 15.9 Å². The molecular weight excluding hydrogens is 416 g/mol. The average molecular weight is 443 g/mol. The van der Waals surface area contributed by atoms with Crippen LogP contribution in [0.25, 0.3) is 0 Å². The topological polar surface area (TPSA) is 91.3 Å². The Morgan fingerprint density at radius 2 is 1.71 bits per heavy atom. The highest BCUT2D eigenvalue weighted by Gasteiger charge is 2.27. The largest absolute Gasteiger partial charge is 0.378 e. The van der Waals surface area contributed by atoms with Gasteiger partial charge < -0.3 is 9.64 Å². The van der Waals surface area contributed by atoms with Gasteiger partial charge in [-0.2, -0.15) is 9.41 Å². The van der Waals surface area contributed by atoms with Gasteiger partial charge in [-0.05, 0) is 48.7 Å². The Labute approximate surface area is 182 Å². The summed E-state index contributed by atoms with van der Waals surface area (Å²) in [6, 6.07) is 14.0. The van der Waals surface area contributed by atoms with Crippen molar-refractivity contribution < 1.29 is 17.9 Å². The molecule has 0 unspecified atom stereocenters. The van der Waals surface area contributed by atoms with Gasteiger partial charge in [0.15, 0.2) is 0 Å². The average Bonchev–Trinajstić information content (AvgIpc) is 3.36. The Balaban J connectivity index is 1.38. The number of amides is 1. The molecule has 0 radical (unpaired) electrons. The van der Waals surface area contributed by atoms with E-state index in [9.17, 15) is 13.2 Å². The zero-order valence-corrected chi connectivity index (χ0v) is 18.1. The predicted molar refractivity (Wildman–Crippen MR) is 119 cm³/mol. The van der Waals surface area contributed by atoms with Gasteiger partial charge in [-0.15, -0.1) is 0 Å². The highest BCUT2D eigenvalue weighted by Crippen LogP contribution is 2.21. The van der Waals surface area contributed by atoms with Crippen molar-refractivity contribution in [3.63, 3.8) is 0 Å². The number of hydrogen-bond acceptors (Lipinski definition) is 6. The van der Waals surface area contributed by atoms with Crippen molar-refractivity contribution in [1.82, 2.24) is 9.73 Å². The van der Waals surface area contributed by atoms with Crippen LogP contribution in [0, 0.1) is 0 Å². The van der Waals surface area contributed by atoms with Crippen LogP contribution in [0.1, 0.15) is 28.8 Å². The fraction of sp³-hybridized carbons (Fsp3) is 0.364. The molecule has 8 nitrogen and oxygen atoms in total. The molecule has 0 bridgehead atoms. The van der Waals surface area contributed by atoms with E-state index in [0.717, 1.165) is 50.4 Å². The summed E-state index contributed by atoms with van der Waals surface area (Å²) in [7, 11) is -3.57. The number of ether oxygens (including phenoxy) is 1. The molecule has 0 atom stereocenters. The molecule has 0 saturated carbocycles. The van der Waals surface area contributed by atoms with E-state index in [1.165, 1.54) is 16.4 Å². The normalized spacial score (nSPS) is 17.9. The third-order valence-electron chi connectivity index (χ3n) is 5.45. The summed E-state index contributed by atoms with van der Waals surface area (Å²) in [6.45, 7) is 4.25. The molecule has 1 N–H and O–H groups in total. The highest BCUT2D eigenvalue weighted by molar-refractivity contribution is 7.89. The number of nitrogens with one attached hydrogen (secondary N) is 1. The van der Waals surface area contributed by atoms with Crippen LogP contribution < -0.4 is 10.3 Å². The molecule has 0 aliphatic carbocycles. The first-order valence-electron chi connectivity index (χ1n) is 10.4. The second kappa shape index (κ2) is 9.59. The second-order valence-corrected chi connectivity index (χ2v) is 9.47. The van der Waals surface area contributed by atoms with Crippen molar-refractivity contribution >= 4 is 27.8 Å². The number of hydrogen-bond donors (Lipinski definition) is 1. The zero-order chi connectivity index (χ0) is 21.7. The van der Waals surface area contributed by atoms with Crippen LogP contribution in [0.3, 0.4) is 0 Å². The molecule has 2 aromatic rings. The number of nitrogens with zero attached hydrogens (tertiary/aromatic N) is 3. The van der Waals surface area contributed by atoms with E-state index >= 15 is 0 Å². The summed E-state index contributed by atoms with van der Waals surface area (Å²) >= 11 is 0. The number of anilines is 1. The quantitative estimate of drug-likeness (QED) is 0.546. The standard InChI is InChI=1S/C22H26N4O4S/c27-22(19-4-3-5-21(16-19)31(28,29)26-10-1-2-11-26)24-23-17-18-6-8-20(9-7-18)25-12-14-30-15-13-25/h3-9,16-17H,1-2,10-15H2,(H,24,27)/b23-17-. The van der Waals surface area contributed by atoms with Crippen LogP contribution in [0.5, 0.6) is 0 Å². The summed E-state index contributed by atoms with van der Waals surface area (Å²) in [5.41, 5.74) is 4.69. The minimum Gasteiger partial charge on any atom is -0.378 e. The lowest BCUT2D eigenvalue weighted by molar-refractivity contribution is 0.0955. The van der Waals surface area contributed by atoms with Gasteiger partial charge in [-0.3, -0.25) is 4.79 Å². The van der Waals surface area contributed by atoms with Crippen molar-refractivity contribution in [3.05, 3.63) is 59.7 Å². The second-order valence-electron chi connectivity index (χ2n) is 7.53. The number of hydrazone groups is 1. The van der Waals surface area contributed by atoms with Gasteiger partial charge in [-0.1, -0.05) is 18.2 Å². The van der Waals surface area contributed by atoms with Gasteiger partial charge in [-0.25, -0.2) is 13.8 Å². The van der Waals surface area contributed by atoms with Crippen LogP contribution in [-0.2, 0) is 14.8 Å². The van der Waals surface area contributed by atoms with Crippen molar-refractivity contribution in [2.24, 2.45) is 5.10 Å². The lowest BCUT2D eigenvalue weighted by atomic mass is 10.2. The Morgan fingerprint density at radius 3 is 2.42 bits per heavy atom. The summed E-state index contributed by atoms with van der Waals surface area (Å²) in [6.07, 6.45) is 3.29. The van der Waals surface area contributed by atoms with Crippen LogP contribution >= 0.6 is 0 Å². The number of rotatable bonds is 6. The van der Waals surface area contributed by atoms with Crippen molar-refractivity contribution in [3.8, 4) is 0 Å². The lowest BCUT2D eigenvalue weighted by Crippen LogP contribution is -2.36. The Morgan fingerprint density at radius 1 is 1.00 bits per heavy atom. The predicted octanol–water partition coefficient (Wildman–Crippen LogP) is 2.07. The fourth-order valence-electron chi connectivity index (χ4n) is 3.70. The van der Waals surface area contributed by atoms with Gasteiger partial charge in [0.05, 0.1) is 24.3 Å². The molecule has 31 heavy (non-hydrogen) atoms. The molecular formula is C22H26N4O4S. The van der Waals surface area contributed by atoms with E-state index in [1.54, 1.807) is 18.3 Å². The maximum Gasteiger partial charge on any atom is 0.271 e. The molecule has 0 aromatic heterocycles. The number of carbonyl (C=O) groups excluding carboxylic acids is 1. The molecule has 2 heterocycles. The monoisotopic (exact) mass is 442 g/mol. The molecule has 2 fully saturated rings. The SMILES string of the molecule is O=C(N/N=C\c1ccc(N2CCOCC2)cc1)c1cccc(S(=O)(=O)N2CCCC2)c1. The lowest BCUT2D eigenvalue weighted by Gasteiger charge is -2.28. The van der Waals surface area contributed by atoms with E-state index in [2.05, 4.69) is 15.4 Å². The fourth-order valence-corrected chi connectivity index (χ4v) is 5.26. The van der Waals surface area contributed by atoms with E-state index in [-0.39, 0.29) is 10.5 Å².